The van der Waals surface area contributed by atoms with Gasteiger partial charge in [-0.1, -0.05) is 26.7 Å². The van der Waals surface area contributed by atoms with Gasteiger partial charge < -0.3 is 11.1 Å². The number of hydrogen-bond acceptors (Lipinski definition) is 2. The van der Waals surface area contributed by atoms with Gasteiger partial charge in [0.2, 0.25) is 5.91 Å². The van der Waals surface area contributed by atoms with Crippen molar-refractivity contribution in [3.63, 3.8) is 0 Å². The van der Waals surface area contributed by atoms with Gasteiger partial charge in [-0.2, -0.15) is 0 Å². The molecule has 3 nitrogen and oxygen atoms in total. The number of hydrogen-bond donors (Lipinski definition) is 2. The van der Waals surface area contributed by atoms with Crippen molar-refractivity contribution in [1.29, 1.82) is 0 Å². The molecule has 0 aromatic rings. The summed E-state index contributed by atoms with van der Waals surface area (Å²) >= 11 is 0. The van der Waals surface area contributed by atoms with E-state index in [-0.39, 0.29) is 16.7 Å². The molecule has 0 spiro atoms. The molecular formula is C14H26N2O. The molecule has 2 saturated carbocycles. The zero-order valence-corrected chi connectivity index (χ0v) is 11.2. The van der Waals surface area contributed by atoms with Crippen molar-refractivity contribution < 1.29 is 4.79 Å². The third-order valence-corrected chi connectivity index (χ3v) is 5.10. The highest BCUT2D eigenvalue weighted by Crippen LogP contribution is 2.42. The van der Waals surface area contributed by atoms with Gasteiger partial charge in [0.05, 0.1) is 5.41 Å². The zero-order chi connectivity index (χ0) is 12.5. The van der Waals surface area contributed by atoms with E-state index in [1.54, 1.807) is 0 Å². The third-order valence-electron chi connectivity index (χ3n) is 5.10. The molecule has 0 heterocycles. The van der Waals surface area contributed by atoms with Crippen LogP contribution in [0.4, 0.5) is 0 Å². The first-order chi connectivity index (χ1) is 8.00. The maximum atomic E-state index is 12.2. The van der Waals surface area contributed by atoms with E-state index in [0.29, 0.717) is 6.54 Å². The van der Waals surface area contributed by atoms with Gasteiger partial charge in [0.25, 0.3) is 0 Å². The summed E-state index contributed by atoms with van der Waals surface area (Å²) in [4.78, 5) is 12.2. The summed E-state index contributed by atoms with van der Waals surface area (Å²) in [6, 6.07) is 0. The van der Waals surface area contributed by atoms with Crippen LogP contribution in [0.3, 0.4) is 0 Å². The first-order valence-electron chi connectivity index (χ1n) is 6.99. The van der Waals surface area contributed by atoms with Crippen LogP contribution in [0.2, 0.25) is 0 Å². The second kappa shape index (κ2) is 4.60. The van der Waals surface area contributed by atoms with Crippen LogP contribution in [0.15, 0.2) is 0 Å². The quantitative estimate of drug-likeness (QED) is 0.770. The average molecular weight is 238 g/mol. The topological polar surface area (TPSA) is 55.1 Å². The summed E-state index contributed by atoms with van der Waals surface area (Å²) in [6.45, 7) is 5.85. The molecule has 0 saturated heterocycles. The molecule has 1 amide bonds. The van der Waals surface area contributed by atoms with Crippen molar-refractivity contribution in [2.75, 3.05) is 13.1 Å². The number of amides is 1. The van der Waals surface area contributed by atoms with Crippen LogP contribution in [0.1, 0.15) is 52.4 Å². The smallest absolute Gasteiger partial charge is 0.227 e. The summed E-state index contributed by atoms with van der Waals surface area (Å²) in [5.41, 5.74) is 5.76. The van der Waals surface area contributed by atoms with Gasteiger partial charge in [-0.3, -0.25) is 4.79 Å². The fraction of sp³-hybridized carbons (Fsp3) is 0.929. The largest absolute Gasteiger partial charge is 0.355 e. The van der Waals surface area contributed by atoms with Gasteiger partial charge in [-0.25, -0.2) is 0 Å². The van der Waals surface area contributed by atoms with E-state index >= 15 is 0 Å². The molecule has 0 radical (unpaired) electrons. The molecule has 0 aliphatic heterocycles. The summed E-state index contributed by atoms with van der Waals surface area (Å²) in [6.07, 6.45) is 7.10. The van der Waals surface area contributed by atoms with Crippen LogP contribution < -0.4 is 11.1 Å². The van der Waals surface area contributed by atoms with Gasteiger partial charge in [-0.15, -0.1) is 0 Å². The number of nitrogens with one attached hydrogen (secondary N) is 1. The van der Waals surface area contributed by atoms with E-state index in [1.807, 2.05) is 0 Å². The normalized spacial score (nSPS) is 23.7. The Kier molecular flexibility index (Phi) is 3.48. The molecule has 3 N–H and O–H groups in total. The Labute approximate surface area is 105 Å². The summed E-state index contributed by atoms with van der Waals surface area (Å²) < 4.78 is 0. The van der Waals surface area contributed by atoms with E-state index in [1.165, 1.54) is 19.3 Å². The van der Waals surface area contributed by atoms with Crippen LogP contribution in [0.5, 0.6) is 0 Å². The minimum atomic E-state index is -0.226. The van der Waals surface area contributed by atoms with Gasteiger partial charge >= 0.3 is 0 Å². The minimum Gasteiger partial charge on any atom is -0.355 e. The predicted molar refractivity (Wildman–Crippen MR) is 69.5 cm³/mol. The maximum absolute atomic E-state index is 12.2. The third kappa shape index (κ3) is 2.35. The molecular weight excluding hydrogens is 212 g/mol. The molecule has 2 rings (SSSR count). The SMILES string of the molecule is CC(C)(CNC(=O)C1(CN)CCC1)C1CCC1. The summed E-state index contributed by atoms with van der Waals surface area (Å²) in [7, 11) is 0. The molecule has 0 aromatic heterocycles. The summed E-state index contributed by atoms with van der Waals surface area (Å²) in [5.74, 6) is 0.983. The first kappa shape index (κ1) is 12.9. The predicted octanol–water partition coefficient (Wildman–Crippen LogP) is 2.06. The van der Waals surface area contributed by atoms with E-state index in [0.717, 1.165) is 31.7 Å². The molecule has 2 fully saturated rings. The monoisotopic (exact) mass is 238 g/mol. The van der Waals surface area contributed by atoms with Gasteiger partial charge in [0.1, 0.15) is 0 Å². The number of carbonyl (C=O) groups excluding carboxylic acids is 1. The maximum Gasteiger partial charge on any atom is 0.227 e. The van der Waals surface area contributed by atoms with Crippen LogP contribution in [-0.4, -0.2) is 19.0 Å². The molecule has 17 heavy (non-hydrogen) atoms. The van der Waals surface area contributed by atoms with E-state index < -0.39 is 0 Å². The second-order valence-corrected chi connectivity index (χ2v) is 6.64. The molecule has 0 unspecified atom stereocenters. The second-order valence-electron chi connectivity index (χ2n) is 6.64. The van der Waals surface area contributed by atoms with Crippen LogP contribution in [0.25, 0.3) is 0 Å². The number of rotatable bonds is 5. The molecule has 0 atom stereocenters. The average Bonchev–Trinajstić information content (AvgIpc) is 2.10. The zero-order valence-electron chi connectivity index (χ0n) is 11.2. The fourth-order valence-corrected chi connectivity index (χ4v) is 2.96. The Morgan fingerprint density at radius 2 is 2.00 bits per heavy atom. The van der Waals surface area contributed by atoms with Crippen molar-refractivity contribution in [3.8, 4) is 0 Å². The Morgan fingerprint density at radius 3 is 2.35 bits per heavy atom. The lowest BCUT2D eigenvalue weighted by Gasteiger charge is -2.43. The standard InChI is InChI=1S/C14H26N2O/c1-13(2,11-5-3-6-11)10-16-12(17)14(9-15)7-4-8-14/h11H,3-10,15H2,1-2H3,(H,16,17). The Balaban J connectivity index is 1.83. The van der Waals surface area contributed by atoms with Crippen LogP contribution >= 0.6 is 0 Å². The Bertz CT molecular complexity index is 285. The minimum absolute atomic E-state index is 0.193. The van der Waals surface area contributed by atoms with Crippen LogP contribution in [0, 0.1) is 16.7 Å². The molecule has 2 aliphatic rings. The highest BCUT2D eigenvalue weighted by Gasteiger charge is 2.43. The van der Waals surface area contributed by atoms with Crippen molar-refractivity contribution in [3.05, 3.63) is 0 Å². The number of nitrogens with two attached hydrogens (primary N) is 1. The molecule has 98 valence electrons. The Hall–Kier alpha value is -0.570. The molecule has 0 bridgehead atoms. The van der Waals surface area contributed by atoms with E-state index in [2.05, 4.69) is 19.2 Å². The van der Waals surface area contributed by atoms with Gasteiger partial charge in [-0.05, 0) is 37.0 Å². The van der Waals surface area contributed by atoms with E-state index in [4.69, 9.17) is 5.73 Å². The van der Waals surface area contributed by atoms with Crippen molar-refractivity contribution >= 4 is 5.91 Å². The van der Waals surface area contributed by atoms with E-state index in [9.17, 15) is 4.79 Å². The lowest BCUT2D eigenvalue weighted by molar-refractivity contribution is -0.136. The summed E-state index contributed by atoms with van der Waals surface area (Å²) in [5, 5.41) is 3.15. The lowest BCUT2D eigenvalue weighted by atomic mass is 9.66. The number of carbonyl (C=O) groups is 1. The van der Waals surface area contributed by atoms with Crippen molar-refractivity contribution in [2.45, 2.75) is 52.4 Å². The fourth-order valence-electron chi connectivity index (χ4n) is 2.96. The van der Waals surface area contributed by atoms with Crippen molar-refractivity contribution in [1.82, 2.24) is 5.32 Å². The van der Waals surface area contributed by atoms with Crippen LogP contribution in [-0.2, 0) is 4.79 Å². The Morgan fingerprint density at radius 1 is 1.35 bits per heavy atom. The molecule has 2 aliphatic carbocycles. The highest BCUT2D eigenvalue weighted by atomic mass is 16.2. The highest BCUT2D eigenvalue weighted by molar-refractivity contribution is 5.83. The first-order valence-corrected chi connectivity index (χ1v) is 6.99. The van der Waals surface area contributed by atoms with Gasteiger partial charge in [0, 0.05) is 13.1 Å². The van der Waals surface area contributed by atoms with Gasteiger partial charge in [0.15, 0.2) is 0 Å². The molecule has 0 aromatic carbocycles. The lowest BCUT2D eigenvalue weighted by Crippen LogP contribution is -2.52. The van der Waals surface area contributed by atoms with Crippen molar-refractivity contribution in [2.24, 2.45) is 22.5 Å². The molecule has 3 heteroatoms.